The average molecular weight is 329 g/mol. The number of carbonyl (C=O) groups excluding carboxylic acids is 1. The number of aryl methyl sites for hydroxylation is 1. The molecule has 1 rings (SSSR count). The van der Waals surface area contributed by atoms with Crippen LogP contribution in [0, 0.1) is 12.8 Å². The summed E-state index contributed by atoms with van der Waals surface area (Å²) in [5, 5.41) is 11.6. The van der Waals surface area contributed by atoms with Crippen LogP contribution in [-0.4, -0.2) is 35.6 Å². The quantitative estimate of drug-likeness (QED) is 0.892. The fourth-order valence-corrected chi connectivity index (χ4v) is 1.89. The molecule has 1 aromatic carbocycles. The Morgan fingerprint density at radius 3 is 2.68 bits per heavy atom. The number of benzene rings is 1. The number of anilines is 1. The van der Waals surface area contributed by atoms with E-state index in [1.807, 2.05) is 19.1 Å². The highest BCUT2D eigenvalue weighted by atomic mass is 79.9. The number of hydrogen-bond donors (Lipinski definition) is 2. The Bertz CT molecular complexity index is 491. The van der Waals surface area contributed by atoms with Crippen molar-refractivity contribution < 1.29 is 14.7 Å². The van der Waals surface area contributed by atoms with Crippen molar-refractivity contribution in [3.8, 4) is 0 Å². The van der Waals surface area contributed by atoms with E-state index in [-0.39, 0.29) is 12.6 Å². The molecule has 0 aliphatic heterocycles. The van der Waals surface area contributed by atoms with E-state index in [0.717, 1.165) is 10.0 Å². The largest absolute Gasteiger partial charge is 0.481 e. The van der Waals surface area contributed by atoms with Gasteiger partial charge in [-0.25, -0.2) is 4.79 Å². The van der Waals surface area contributed by atoms with E-state index in [2.05, 4.69) is 21.2 Å². The summed E-state index contributed by atoms with van der Waals surface area (Å²) in [5.41, 5.74) is 1.68. The second kappa shape index (κ2) is 6.56. The van der Waals surface area contributed by atoms with E-state index >= 15 is 0 Å². The van der Waals surface area contributed by atoms with Gasteiger partial charge in [0.1, 0.15) is 0 Å². The van der Waals surface area contributed by atoms with Crippen LogP contribution < -0.4 is 5.32 Å². The number of carboxylic acid groups (broad SMARTS) is 1. The number of amides is 2. The highest BCUT2D eigenvalue weighted by molar-refractivity contribution is 9.10. The second-order valence-electron chi connectivity index (χ2n) is 4.49. The first kappa shape index (κ1) is 15.5. The molecule has 0 fully saturated rings. The third kappa shape index (κ3) is 4.24. The average Bonchev–Trinajstić information content (AvgIpc) is 2.34. The third-order valence-electron chi connectivity index (χ3n) is 2.75. The van der Waals surface area contributed by atoms with Crippen LogP contribution in [-0.2, 0) is 4.79 Å². The van der Waals surface area contributed by atoms with E-state index in [1.165, 1.54) is 4.90 Å². The van der Waals surface area contributed by atoms with Crippen molar-refractivity contribution in [3.05, 3.63) is 28.2 Å². The molecule has 1 atom stereocenters. The van der Waals surface area contributed by atoms with Gasteiger partial charge in [-0.1, -0.05) is 19.1 Å². The lowest BCUT2D eigenvalue weighted by molar-refractivity contribution is -0.141. The molecule has 0 saturated carbocycles. The summed E-state index contributed by atoms with van der Waals surface area (Å²) >= 11 is 3.40. The zero-order chi connectivity index (χ0) is 14.6. The van der Waals surface area contributed by atoms with Crippen molar-refractivity contribution in [3.63, 3.8) is 0 Å². The maximum Gasteiger partial charge on any atom is 0.321 e. The summed E-state index contributed by atoms with van der Waals surface area (Å²) in [4.78, 5) is 24.0. The van der Waals surface area contributed by atoms with Gasteiger partial charge in [-0.2, -0.15) is 0 Å². The summed E-state index contributed by atoms with van der Waals surface area (Å²) in [6.07, 6.45) is 0. The number of halogens is 1. The number of carbonyl (C=O) groups is 2. The molecule has 0 aliphatic carbocycles. The summed E-state index contributed by atoms with van der Waals surface area (Å²) in [7, 11) is 1.57. The van der Waals surface area contributed by atoms with E-state index < -0.39 is 11.9 Å². The van der Waals surface area contributed by atoms with Crippen LogP contribution in [0.15, 0.2) is 22.7 Å². The topological polar surface area (TPSA) is 69.6 Å². The molecule has 0 aliphatic rings. The van der Waals surface area contributed by atoms with Gasteiger partial charge >= 0.3 is 12.0 Å². The predicted octanol–water partition coefficient (Wildman–Crippen LogP) is 2.94. The number of nitrogens with one attached hydrogen (secondary N) is 1. The van der Waals surface area contributed by atoms with Gasteiger partial charge in [0.2, 0.25) is 0 Å². The molecule has 0 heterocycles. The Balaban J connectivity index is 2.69. The highest BCUT2D eigenvalue weighted by Gasteiger charge is 2.18. The van der Waals surface area contributed by atoms with Crippen molar-refractivity contribution in [1.82, 2.24) is 4.90 Å². The minimum atomic E-state index is -0.920. The molecule has 0 aromatic heterocycles. The van der Waals surface area contributed by atoms with Gasteiger partial charge < -0.3 is 15.3 Å². The van der Waals surface area contributed by atoms with Crippen molar-refractivity contribution in [1.29, 1.82) is 0 Å². The number of aliphatic carboxylic acids is 1. The lowest BCUT2D eigenvalue weighted by Crippen LogP contribution is -2.36. The summed E-state index contributed by atoms with van der Waals surface area (Å²) in [6.45, 7) is 3.65. The molecule has 6 heteroatoms. The van der Waals surface area contributed by atoms with Crippen molar-refractivity contribution in [2.24, 2.45) is 5.92 Å². The molecule has 0 radical (unpaired) electrons. The van der Waals surface area contributed by atoms with Crippen LogP contribution in [0.25, 0.3) is 0 Å². The number of hydrogen-bond acceptors (Lipinski definition) is 2. The normalized spacial score (nSPS) is 11.8. The molecule has 0 spiro atoms. The number of carboxylic acids is 1. The fourth-order valence-electron chi connectivity index (χ4n) is 1.53. The first-order chi connectivity index (χ1) is 8.82. The maximum absolute atomic E-state index is 11.9. The molecule has 2 amide bonds. The van der Waals surface area contributed by atoms with Gasteiger partial charge in [0, 0.05) is 18.1 Å². The molecule has 19 heavy (non-hydrogen) atoms. The Morgan fingerprint density at radius 1 is 1.47 bits per heavy atom. The van der Waals surface area contributed by atoms with Gasteiger partial charge in [-0.3, -0.25) is 4.79 Å². The highest BCUT2D eigenvalue weighted by Crippen LogP contribution is 2.25. The first-order valence-corrected chi connectivity index (χ1v) is 6.62. The van der Waals surface area contributed by atoms with E-state index in [4.69, 9.17) is 5.11 Å². The molecule has 2 N–H and O–H groups in total. The number of nitrogens with zero attached hydrogens (tertiary/aromatic N) is 1. The Morgan fingerprint density at radius 2 is 2.11 bits per heavy atom. The van der Waals surface area contributed by atoms with Crippen LogP contribution in [0.1, 0.15) is 12.5 Å². The van der Waals surface area contributed by atoms with Crippen molar-refractivity contribution >= 4 is 33.6 Å². The second-order valence-corrected chi connectivity index (χ2v) is 5.28. The van der Waals surface area contributed by atoms with Gasteiger partial charge in [0.05, 0.1) is 11.6 Å². The molecular formula is C13H17BrN2O3. The SMILES string of the molecule is Cc1cccc(NC(=O)N(C)CC(C)C(=O)O)c1Br. The lowest BCUT2D eigenvalue weighted by Gasteiger charge is -2.20. The zero-order valence-corrected chi connectivity index (χ0v) is 12.7. The molecule has 0 saturated heterocycles. The van der Waals surface area contributed by atoms with Crippen molar-refractivity contribution in [2.45, 2.75) is 13.8 Å². The van der Waals surface area contributed by atoms with Gasteiger partial charge in [-0.15, -0.1) is 0 Å². The minimum Gasteiger partial charge on any atom is -0.481 e. The monoisotopic (exact) mass is 328 g/mol. The van der Waals surface area contributed by atoms with Gasteiger partial charge in [-0.05, 0) is 34.5 Å². The maximum atomic E-state index is 11.9. The lowest BCUT2D eigenvalue weighted by atomic mass is 10.2. The predicted molar refractivity (Wildman–Crippen MR) is 77.3 cm³/mol. The summed E-state index contributed by atoms with van der Waals surface area (Å²) in [6, 6.07) is 5.22. The standard InChI is InChI=1S/C13H17BrN2O3/c1-8-5-4-6-10(11(8)14)15-13(19)16(3)7-9(2)12(17)18/h4-6,9H,7H2,1-3H3,(H,15,19)(H,17,18). The van der Waals surface area contributed by atoms with Gasteiger partial charge in [0.15, 0.2) is 0 Å². The van der Waals surface area contributed by atoms with Crippen LogP contribution in [0.4, 0.5) is 10.5 Å². The van der Waals surface area contributed by atoms with Gasteiger partial charge in [0.25, 0.3) is 0 Å². The third-order valence-corrected chi connectivity index (χ3v) is 3.80. The molecule has 5 nitrogen and oxygen atoms in total. The summed E-state index contributed by atoms with van der Waals surface area (Å²) < 4.78 is 0.822. The van der Waals surface area contributed by atoms with Crippen molar-refractivity contribution in [2.75, 3.05) is 18.9 Å². The van der Waals surface area contributed by atoms with Crippen LogP contribution in [0.5, 0.6) is 0 Å². The zero-order valence-electron chi connectivity index (χ0n) is 11.1. The van der Waals surface area contributed by atoms with E-state index in [0.29, 0.717) is 5.69 Å². The molecule has 0 bridgehead atoms. The van der Waals surface area contributed by atoms with E-state index in [9.17, 15) is 9.59 Å². The Hall–Kier alpha value is -1.56. The fraction of sp³-hybridized carbons (Fsp3) is 0.385. The smallest absolute Gasteiger partial charge is 0.321 e. The van der Waals surface area contributed by atoms with Crippen LogP contribution in [0.3, 0.4) is 0 Å². The van der Waals surface area contributed by atoms with Crippen LogP contribution in [0.2, 0.25) is 0 Å². The first-order valence-electron chi connectivity index (χ1n) is 5.83. The summed E-state index contributed by atoms with van der Waals surface area (Å²) in [5.74, 6) is -1.52. The Kier molecular flexibility index (Phi) is 5.35. The minimum absolute atomic E-state index is 0.157. The van der Waals surface area contributed by atoms with E-state index in [1.54, 1.807) is 20.0 Å². The van der Waals surface area contributed by atoms with Crippen LogP contribution >= 0.6 is 15.9 Å². The number of urea groups is 1. The molecular weight excluding hydrogens is 312 g/mol. The Labute approximate surface area is 120 Å². The molecule has 1 unspecified atom stereocenters. The number of rotatable bonds is 4. The molecule has 1 aromatic rings. The molecule has 104 valence electrons.